The van der Waals surface area contributed by atoms with E-state index in [0.717, 1.165) is 18.4 Å². The largest absolute Gasteiger partial charge is 0.573 e. The number of nitrogens with zero attached hydrogens (tertiary/aromatic N) is 1. The molecule has 7 nitrogen and oxygen atoms in total. The summed E-state index contributed by atoms with van der Waals surface area (Å²) in [6.45, 7) is 0.0453. The van der Waals surface area contributed by atoms with Crippen LogP contribution in [0, 0.1) is 0 Å². The monoisotopic (exact) mass is 405 g/mol. The molecule has 2 aromatic carbocycles. The summed E-state index contributed by atoms with van der Waals surface area (Å²) >= 11 is 0. The number of benzene rings is 2. The molecule has 150 valence electrons. The maximum Gasteiger partial charge on any atom is 0.573 e. The number of amides is 2. The van der Waals surface area contributed by atoms with Gasteiger partial charge in [-0.1, -0.05) is 30.3 Å². The van der Waals surface area contributed by atoms with Crippen molar-refractivity contribution in [1.29, 1.82) is 0 Å². The molecule has 0 fully saturated rings. The smallest absolute Gasteiger partial charge is 0.431 e. The molecule has 0 saturated heterocycles. The minimum absolute atomic E-state index is 0.0453. The van der Waals surface area contributed by atoms with Gasteiger partial charge in [-0.25, -0.2) is 0 Å². The highest BCUT2D eigenvalue weighted by atomic mass is 19.4. The van der Waals surface area contributed by atoms with Gasteiger partial charge in [0.2, 0.25) is 0 Å². The fraction of sp³-hybridized carbons (Fsp3) is 0.105. The van der Waals surface area contributed by atoms with Crippen LogP contribution in [-0.2, 0) is 6.54 Å². The van der Waals surface area contributed by atoms with Gasteiger partial charge in [0.05, 0.1) is 0 Å². The van der Waals surface area contributed by atoms with E-state index in [0.29, 0.717) is 11.1 Å². The summed E-state index contributed by atoms with van der Waals surface area (Å²) in [6, 6.07) is 13.3. The van der Waals surface area contributed by atoms with E-state index in [4.69, 9.17) is 4.42 Å². The average Bonchev–Trinajstić information content (AvgIpc) is 3.15. The number of rotatable bonds is 6. The number of carbonyl (C=O) groups is 2. The second kappa shape index (κ2) is 8.46. The number of nitrogens with one attached hydrogen (secondary N) is 2. The standard InChI is InChI=1S/C19H14F3N3O4/c20-19(21,22)29-14-8-6-12(7-9-14)10-23-17(27)15-11-28-18(24-15)25-16(26)13-4-2-1-3-5-13/h1-9,11H,10H2,(H,23,27)(H,24,25,26). The number of hydrogen-bond donors (Lipinski definition) is 2. The van der Waals surface area contributed by atoms with Crippen molar-refractivity contribution in [3.05, 3.63) is 77.7 Å². The van der Waals surface area contributed by atoms with E-state index in [1.165, 1.54) is 12.1 Å². The van der Waals surface area contributed by atoms with Crippen LogP contribution in [0.3, 0.4) is 0 Å². The summed E-state index contributed by atoms with van der Waals surface area (Å²) in [4.78, 5) is 28.0. The third kappa shape index (κ3) is 5.83. The first-order valence-electron chi connectivity index (χ1n) is 8.25. The van der Waals surface area contributed by atoms with Gasteiger partial charge in [-0.05, 0) is 29.8 Å². The number of oxazole rings is 1. The number of ether oxygens (including phenoxy) is 1. The van der Waals surface area contributed by atoms with Crippen molar-refractivity contribution >= 4 is 17.8 Å². The Labute approximate surface area is 162 Å². The van der Waals surface area contributed by atoms with Crippen molar-refractivity contribution in [3.8, 4) is 5.75 Å². The molecule has 29 heavy (non-hydrogen) atoms. The Hall–Kier alpha value is -3.82. The van der Waals surface area contributed by atoms with Gasteiger partial charge in [-0.3, -0.25) is 14.9 Å². The maximum atomic E-state index is 12.1. The summed E-state index contributed by atoms with van der Waals surface area (Å²) in [5, 5.41) is 4.97. The zero-order valence-electron chi connectivity index (χ0n) is 14.7. The van der Waals surface area contributed by atoms with Crippen LogP contribution in [0.4, 0.5) is 19.2 Å². The van der Waals surface area contributed by atoms with Crippen LogP contribution in [0.25, 0.3) is 0 Å². The highest BCUT2D eigenvalue weighted by molar-refractivity contribution is 6.03. The predicted octanol–water partition coefficient (Wildman–Crippen LogP) is 3.76. The lowest BCUT2D eigenvalue weighted by molar-refractivity contribution is -0.274. The third-order valence-electron chi connectivity index (χ3n) is 3.60. The van der Waals surface area contributed by atoms with Gasteiger partial charge in [-0.15, -0.1) is 13.2 Å². The molecule has 0 atom stereocenters. The number of aromatic nitrogens is 1. The van der Waals surface area contributed by atoms with E-state index >= 15 is 0 Å². The molecule has 1 aromatic heterocycles. The Morgan fingerprint density at radius 2 is 1.69 bits per heavy atom. The van der Waals surface area contributed by atoms with Gasteiger partial charge in [-0.2, -0.15) is 4.98 Å². The molecule has 0 spiro atoms. The quantitative estimate of drug-likeness (QED) is 0.652. The van der Waals surface area contributed by atoms with Crippen molar-refractivity contribution in [2.75, 3.05) is 5.32 Å². The van der Waals surface area contributed by atoms with Crippen LogP contribution >= 0.6 is 0 Å². The number of carbonyl (C=O) groups excluding carboxylic acids is 2. The fourth-order valence-corrected chi connectivity index (χ4v) is 2.28. The zero-order valence-corrected chi connectivity index (χ0v) is 14.7. The average molecular weight is 405 g/mol. The minimum Gasteiger partial charge on any atom is -0.431 e. The van der Waals surface area contributed by atoms with Gasteiger partial charge in [0, 0.05) is 12.1 Å². The number of halogens is 3. The van der Waals surface area contributed by atoms with E-state index in [9.17, 15) is 22.8 Å². The van der Waals surface area contributed by atoms with Crippen LogP contribution in [0.1, 0.15) is 26.4 Å². The first-order chi connectivity index (χ1) is 13.8. The molecule has 3 aromatic rings. The van der Waals surface area contributed by atoms with Crippen molar-refractivity contribution in [2.24, 2.45) is 0 Å². The summed E-state index contributed by atoms with van der Waals surface area (Å²) in [6.07, 6.45) is -3.69. The number of hydrogen-bond acceptors (Lipinski definition) is 5. The van der Waals surface area contributed by atoms with E-state index in [2.05, 4.69) is 20.4 Å². The SMILES string of the molecule is O=C(Nc1nc(C(=O)NCc2ccc(OC(F)(F)F)cc2)co1)c1ccccc1. The Bertz CT molecular complexity index is 986. The Morgan fingerprint density at radius 3 is 2.34 bits per heavy atom. The highest BCUT2D eigenvalue weighted by Crippen LogP contribution is 2.22. The van der Waals surface area contributed by atoms with Gasteiger partial charge in [0.1, 0.15) is 12.0 Å². The molecule has 0 bridgehead atoms. The molecule has 0 radical (unpaired) electrons. The fourth-order valence-electron chi connectivity index (χ4n) is 2.28. The van der Waals surface area contributed by atoms with Crippen LogP contribution in [0.5, 0.6) is 5.75 Å². The molecule has 1 heterocycles. The van der Waals surface area contributed by atoms with Gasteiger partial charge >= 0.3 is 12.4 Å². The van der Waals surface area contributed by atoms with Crippen molar-refractivity contribution in [2.45, 2.75) is 12.9 Å². The van der Waals surface area contributed by atoms with Crippen LogP contribution in [0.15, 0.2) is 65.3 Å². The summed E-state index contributed by atoms with van der Waals surface area (Å²) in [7, 11) is 0. The lowest BCUT2D eigenvalue weighted by atomic mass is 10.2. The minimum atomic E-state index is -4.77. The molecule has 0 saturated carbocycles. The molecular weight excluding hydrogens is 391 g/mol. The second-order valence-electron chi connectivity index (χ2n) is 5.73. The van der Waals surface area contributed by atoms with Gasteiger partial charge in [0.15, 0.2) is 5.69 Å². The first kappa shape index (κ1) is 19.9. The normalized spacial score (nSPS) is 11.0. The van der Waals surface area contributed by atoms with E-state index in [-0.39, 0.29) is 24.0 Å². The highest BCUT2D eigenvalue weighted by Gasteiger charge is 2.30. The molecule has 0 aliphatic rings. The van der Waals surface area contributed by atoms with Crippen LogP contribution < -0.4 is 15.4 Å². The lowest BCUT2D eigenvalue weighted by Gasteiger charge is -2.09. The van der Waals surface area contributed by atoms with Crippen LogP contribution in [-0.4, -0.2) is 23.2 Å². The number of alkyl halides is 3. The molecule has 0 aliphatic heterocycles. The molecule has 0 unspecified atom stereocenters. The van der Waals surface area contributed by atoms with Crippen molar-refractivity contribution in [1.82, 2.24) is 10.3 Å². The summed E-state index contributed by atoms with van der Waals surface area (Å²) < 4.78 is 45.3. The Balaban J connectivity index is 1.53. The third-order valence-corrected chi connectivity index (χ3v) is 3.60. The summed E-state index contributed by atoms with van der Waals surface area (Å²) in [5.74, 6) is -1.38. The number of anilines is 1. The van der Waals surface area contributed by atoms with Gasteiger partial charge in [0.25, 0.3) is 11.8 Å². The van der Waals surface area contributed by atoms with Crippen LogP contribution in [0.2, 0.25) is 0 Å². The molecule has 2 amide bonds. The Kier molecular flexibility index (Phi) is 5.82. The second-order valence-corrected chi connectivity index (χ2v) is 5.73. The molecular formula is C19H14F3N3O4. The van der Waals surface area contributed by atoms with E-state index in [1.807, 2.05) is 0 Å². The molecule has 10 heteroatoms. The summed E-state index contributed by atoms with van der Waals surface area (Å²) in [5.41, 5.74) is 0.883. The van der Waals surface area contributed by atoms with Crippen molar-refractivity contribution < 1.29 is 31.9 Å². The predicted molar refractivity (Wildman–Crippen MR) is 95.2 cm³/mol. The molecule has 0 aliphatic carbocycles. The molecule has 2 N–H and O–H groups in total. The van der Waals surface area contributed by atoms with Gasteiger partial charge < -0.3 is 14.5 Å². The van der Waals surface area contributed by atoms with E-state index < -0.39 is 18.2 Å². The zero-order chi connectivity index (χ0) is 20.9. The Morgan fingerprint density at radius 1 is 1.00 bits per heavy atom. The van der Waals surface area contributed by atoms with Crippen molar-refractivity contribution in [3.63, 3.8) is 0 Å². The topological polar surface area (TPSA) is 93.5 Å². The maximum absolute atomic E-state index is 12.1. The lowest BCUT2D eigenvalue weighted by Crippen LogP contribution is -2.23. The van der Waals surface area contributed by atoms with E-state index in [1.54, 1.807) is 30.3 Å². The molecule has 3 rings (SSSR count). The first-order valence-corrected chi connectivity index (χ1v) is 8.25.